The summed E-state index contributed by atoms with van der Waals surface area (Å²) >= 11 is 15.5. The summed E-state index contributed by atoms with van der Waals surface area (Å²) in [4.78, 5) is 9.58. The molecule has 0 atom stereocenters. The number of esters is 1. The van der Waals surface area contributed by atoms with Gasteiger partial charge in [0.05, 0.1) is 0 Å². The number of carbonyl (C=O) groups is 1. The zero-order valence-corrected chi connectivity index (χ0v) is 6.71. The van der Waals surface area contributed by atoms with Gasteiger partial charge in [0.2, 0.25) is 0 Å². The van der Waals surface area contributed by atoms with Crippen LogP contribution in [0.15, 0.2) is 0 Å². The van der Waals surface area contributed by atoms with Crippen LogP contribution in [0.25, 0.3) is 0 Å². The van der Waals surface area contributed by atoms with Gasteiger partial charge in [-0.2, -0.15) is 0 Å². The van der Waals surface area contributed by atoms with E-state index in [0.717, 1.165) is 0 Å². The van der Waals surface area contributed by atoms with E-state index in [1.165, 1.54) is 0 Å². The quantitative estimate of drug-likeness (QED) is 0.500. The fourth-order valence-corrected chi connectivity index (χ4v) is 0.398. The molecule has 0 bridgehead atoms. The monoisotopic (exact) mass is 190 g/mol. The Morgan fingerprint density at radius 3 is 2.44 bits per heavy atom. The Hall–Kier alpha value is 0.340. The van der Waals surface area contributed by atoms with Crippen molar-refractivity contribution >= 4 is 40.8 Å². The molecule has 0 aromatic heterocycles. The van der Waals surface area contributed by atoms with Gasteiger partial charge < -0.3 is 4.74 Å². The Kier molecular flexibility index (Phi) is 5.35. The predicted molar refractivity (Wildman–Crippen MR) is 37.2 cm³/mol. The third-order valence-electron chi connectivity index (χ3n) is 0.479. The van der Waals surface area contributed by atoms with E-state index in [-0.39, 0.29) is 12.5 Å². The van der Waals surface area contributed by atoms with Crippen molar-refractivity contribution in [2.75, 3.05) is 12.5 Å². The fraction of sp³-hybridized carbons (Fsp3) is 0.750. The lowest BCUT2D eigenvalue weighted by atomic mass is 10.7. The molecule has 0 radical (unpaired) electrons. The normalized spacial score (nSPS) is 9.78. The second kappa shape index (κ2) is 5.15. The topological polar surface area (TPSA) is 26.3 Å². The molecule has 0 aromatic rings. The first-order valence-electron chi connectivity index (χ1n) is 2.16. The number of halogens is 3. The molecule has 0 aliphatic rings. The third-order valence-corrected chi connectivity index (χ3v) is 0.950. The maximum atomic E-state index is 10.2. The van der Waals surface area contributed by atoms with E-state index >= 15 is 0 Å². The minimum atomic E-state index is -0.669. The lowest BCUT2D eigenvalue weighted by molar-refractivity contribution is -0.140. The van der Waals surface area contributed by atoms with Crippen molar-refractivity contribution in [2.45, 2.75) is 4.84 Å². The second-order valence-electron chi connectivity index (χ2n) is 1.21. The molecule has 0 amide bonds. The minimum absolute atomic E-state index is 0.00529. The van der Waals surface area contributed by atoms with Crippen LogP contribution in [0.5, 0.6) is 0 Å². The van der Waals surface area contributed by atoms with E-state index in [1.807, 2.05) is 0 Å². The molecule has 0 unspecified atom stereocenters. The van der Waals surface area contributed by atoms with Gasteiger partial charge in [-0.1, -0.05) is 0 Å². The van der Waals surface area contributed by atoms with Gasteiger partial charge in [-0.15, -0.1) is 34.8 Å². The first-order chi connectivity index (χ1) is 4.16. The Morgan fingerprint density at radius 1 is 1.56 bits per heavy atom. The van der Waals surface area contributed by atoms with Crippen molar-refractivity contribution in [3.63, 3.8) is 0 Å². The molecule has 0 saturated carbocycles. The molecule has 0 rings (SSSR count). The highest BCUT2D eigenvalue weighted by Gasteiger charge is 2.03. The Balaban J connectivity index is 3.17. The van der Waals surface area contributed by atoms with Gasteiger partial charge in [0.15, 0.2) is 0 Å². The molecule has 0 aliphatic carbocycles. The van der Waals surface area contributed by atoms with Crippen molar-refractivity contribution < 1.29 is 9.53 Å². The highest BCUT2D eigenvalue weighted by Crippen LogP contribution is 2.01. The van der Waals surface area contributed by atoms with Crippen LogP contribution in [0.1, 0.15) is 0 Å². The van der Waals surface area contributed by atoms with E-state index < -0.39 is 10.8 Å². The van der Waals surface area contributed by atoms with E-state index in [1.54, 1.807) is 0 Å². The van der Waals surface area contributed by atoms with Gasteiger partial charge in [-0.25, -0.2) is 0 Å². The summed E-state index contributed by atoms with van der Waals surface area (Å²) in [5.41, 5.74) is 0. The summed E-state index contributed by atoms with van der Waals surface area (Å²) in [6.07, 6.45) is 0. The molecule has 0 spiro atoms. The van der Waals surface area contributed by atoms with Crippen LogP contribution in [0.2, 0.25) is 0 Å². The average Bonchev–Trinajstić information content (AvgIpc) is 1.83. The van der Waals surface area contributed by atoms with Crippen molar-refractivity contribution in [1.29, 1.82) is 0 Å². The largest absolute Gasteiger partial charge is 0.462 e. The van der Waals surface area contributed by atoms with Crippen LogP contribution in [0.3, 0.4) is 0 Å². The van der Waals surface area contributed by atoms with Crippen LogP contribution in [-0.4, -0.2) is 23.3 Å². The zero-order valence-electron chi connectivity index (χ0n) is 4.44. The summed E-state index contributed by atoms with van der Waals surface area (Å²) in [6.45, 7) is -0.00529. The van der Waals surface area contributed by atoms with Gasteiger partial charge in [-0.3, -0.25) is 4.79 Å². The second-order valence-corrected chi connectivity index (χ2v) is 2.75. The molecule has 5 heteroatoms. The molecular formula is C4H5Cl3O2. The number of ether oxygens (including phenoxy) is 1. The Labute approximate surface area is 68.0 Å². The maximum absolute atomic E-state index is 10.2. The first-order valence-corrected chi connectivity index (χ1v) is 3.57. The summed E-state index contributed by atoms with van der Waals surface area (Å²) < 4.78 is 4.42. The highest BCUT2D eigenvalue weighted by atomic mass is 35.5. The lowest BCUT2D eigenvalue weighted by Crippen LogP contribution is -2.10. The highest BCUT2D eigenvalue weighted by molar-refractivity contribution is 6.44. The zero-order chi connectivity index (χ0) is 7.28. The summed E-state index contributed by atoms with van der Waals surface area (Å²) in [5, 5.41) is 0. The van der Waals surface area contributed by atoms with E-state index in [4.69, 9.17) is 34.8 Å². The van der Waals surface area contributed by atoms with E-state index in [9.17, 15) is 4.79 Å². The van der Waals surface area contributed by atoms with Crippen LogP contribution >= 0.6 is 34.8 Å². The molecule has 0 saturated heterocycles. The predicted octanol–water partition coefficient (Wildman–Crippen LogP) is 1.57. The van der Waals surface area contributed by atoms with Crippen LogP contribution in [0, 0.1) is 0 Å². The van der Waals surface area contributed by atoms with E-state index in [2.05, 4.69) is 4.74 Å². The standard InChI is InChI=1S/C4H5Cl3O2/c5-1-4(8)9-2-3(6)7/h3H,1-2H2. The van der Waals surface area contributed by atoms with Gasteiger partial charge in [0.1, 0.15) is 17.3 Å². The SMILES string of the molecule is O=C(CCl)OCC(Cl)Cl. The lowest BCUT2D eigenvalue weighted by Gasteiger charge is -2.00. The molecule has 0 fully saturated rings. The number of carbonyl (C=O) groups excluding carboxylic acids is 1. The van der Waals surface area contributed by atoms with Crippen molar-refractivity contribution in [1.82, 2.24) is 0 Å². The smallest absolute Gasteiger partial charge is 0.320 e. The summed E-state index contributed by atoms with van der Waals surface area (Å²) in [6, 6.07) is 0. The van der Waals surface area contributed by atoms with Gasteiger partial charge in [0, 0.05) is 0 Å². The van der Waals surface area contributed by atoms with Crippen molar-refractivity contribution in [3.05, 3.63) is 0 Å². The molecule has 0 N–H and O–H groups in total. The van der Waals surface area contributed by atoms with Gasteiger partial charge >= 0.3 is 5.97 Å². The average molecular weight is 191 g/mol. The Bertz CT molecular complexity index is 93.8. The Morgan fingerprint density at radius 2 is 2.11 bits per heavy atom. The molecule has 54 valence electrons. The molecule has 0 aromatic carbocycles. The number of hydrogen-bond donors (Lipinski definition) is 0. The van der Waals surface area contributed by atoms with Crippen LogP contribution in [-0.2, 0) is 9.53 Å². The first kappa shape index (κ1) is 9.34. The van der Waals surface area contributed by atoms with Gasteiger partial charge in [0.25, 0.3) is 0 Å². The number of hydrogen-bond acceptors (Lipinski definition) is 2. The third kappa shape index (κ3) is 6.22. The van der Waals surface area contributed by atoms with Crippen LogP contribution < -0.4 is 0 Å². The molecule has 2 nitrogen and oxygen atoms in total. The number of rotatable bonds is 3. The molecule has 0 heterocycles. The fourth-order valence-electron chi connectivity index (χ4n) is 0.195. The molecule has 9 heavy (non-hydrogen) atoms. The summed E-state index contributed by atoms with van der Waals surface area (Å²) in [5.74, 6) is -0.677. The minimum Gasteiger partial charge on any atom is -0.462 e. The van der Waals surface area contributed by atoms with Crippen molar-refractivity contribution in [2.24, 2.45) is 0 Å². The van der Waals surface area contributed by atoms with Gasteiger partial charge in [-0.05, 0) is 0 Å². The number of alkyl halides is 3. The maximum Gasteiger partial charge on any atom is 0.320 e. The van der Waals surface area contributed by atoms with Crippen molar-refractivity contribution in [3.8, 4) is 0 Å². The molecular weight excluding hydrogens is 186 g/mol. The molecule has 0 aliphatic heterocycles. The van der Waals surface area contributed by atoms with E-state index in [0.29, 0.717) is 0 Å². The summed E-state index contributed by atoms with van der Waals surface area (Å²) in [7, 11) is 0. The van der Waals surface area contributed by atoms with Crippen LogP contribution in [0.4, 0.5) is 0 Å².